The highest BCUT2D eigenvalue weighted by Crippen LogP contribution is 2.35. The van der Waals surface area contributed by atoms with Crippen LogP contribution in [-0.4, -0.2) is 74.0 Å². The Morgan fingerprint density at radius 1 is 0.340 bits per heavy atom. The third-order valence-corrected chi connectivity index (χ3v) is 17.3. The van der Waals surface area contributed by atoms with Gasteiger partial charge in [0.1, 0.15) is 52.4 Å². The van der Waals surface area contributed by atoms with Crippen LogP contribution in [0.1, 0.15) is 32.0 Å². The zero-order valence-corrected chi connectivity index (χ0v) is 56.4. The Kier molecular flexibility index (Phi) is 21.6. The normalized spacial score (nSPS) is 10.8. The zero-order valence-electron chi connectivity index (χ0n) is 55.6. The lowest BCUT2D eigenvalue weighted by atomic mass is 10.1. The van der Waals surface area contributed by atoms with Crippen LogP contribution < -0.4 is 0 Å². The minimum atomic E-state index is -0.262. The lowest BCUT2D eigenvalue weighted by Gasteiger charge is -2.09. The number of aromatic nitrogens is 15. The maximum Gasteiger partial charge on any atom is 0.187 e. The van der Waals surface area contributed by atoms with Gasteiger partial charge < -0.3 is 0 Å². The molecule has 11 heterocycles. The summed E-state index contributed by atoms with van der Waals surface area (Å²) in [5.74, 6) is -0.978. The van der Waals surface area contributed by atoms with Gasteiger partial charge in [0.2, 0.25) is 0 Å². The van der Waals surface area contributed by atoms with E-state index in [-0.39, 0.29) is 23.3 Å². The van der Waals surface area contributed by atoms with E-state index in [1.54, 1.807) is 135 Å². The second-order valence-electron chi connectivity index (χ2n) is 23.3. The molecule has 504 valence electrons. The summed E-state index contributed by atoms with van der Waals surface area (Å²) in [5.41, 5.74) is 16.1. The van der Waals surface area contributed by atoms with Crippen LogP contribution in [0.5, 0.6) is 0 Å². The minimum absolute atomic E-state index is 0.216. The Bertz CT molecular complexity index is 5330. The molecule has 0 aliphatic rings. The van der Waals surface area contributed by atoms with Gasteiger partial charge in [0.05, 0.1) is 84.0 Å². The van der Waals surface area contributed by atoms with Crippen LogP contribution in [0, 0.1) is 43.7 Å². The number of rotatable bonds is 16. The lowest BCUT2D eigenvalue weighted by Crippen LogP contribution is -2.06. The Hall–Kier alpha value is -13.3. The highest BCUT2D eigenvalue weighted by atomic mass is 32.1. The molecule has 16 rings (SSSR count). The van der Waals surface area contributed by atoms with E-state index >= 15 is 0 Å². The van der Waals surface area contributed by atoms with E-state index in [9.17, 15) is 17.6 Å². The van der Waals surface area contributed by atoms with Crippen molar-refractivity contribution in [2.75, 3.05) is 0 Å². The van der Waals surface area contributed by atoms with Crippen molar-refractivity contribution >= 4 is 17.0 Å². The van der Waals surface area contributed by atoms with E-state index in [2.05, 4.69) is 74.9 Å². The Morgan fingerprint density at radius 3 is 1.09 bits per heavy atom. The average molecular weight is 1380 g/mol. The van der Waals surface area contributed by atoms with Gasteiger partial charge in [-0.25, -0.2) is 32.4 Å². The van der Waals surface area contributed by atoms with E-state index < -0.39 is 0 Å². The smallest absolute Gasteiger partial charge is 0.187 e. The topological polar surface area (TPSA) is 166 Å². The predicted octanol–water partition coefficient (Wildman–Crippen LogP) is 18.6. The summed E-state index contributed by atoms with van der Waals surface area (Å²) in [6.07, 6.45) is 13.6. The number of thiophene rings is 1. The molecule has 16 aromatic rings. The van der Waals surface area contributed by atoms with Crippen LogP contribution >= 0.6 is 11.3 Å². The fourth-order valence-electron chi connectivity index (χ4n) is 11.3. The molecule has 0 atom stereocenters. The van der Waals surface area contributed by atoms with E-state index in [1.165, 1.54) is 40.3 Å². The molecule has 5 aromatic carbocycles. The third kappa shape index (κ3) is 16.9. The first kappa shape index (κ1) is 68.2. The molecular weight excluding hydrogens is 1320 g/mol. The van der Waals surface area contributed by atoms with Crippen LogP contribution in [0.4, 0.5) is 23.2 Å². The van der Waals surface area contributed by atoms with E-state index in [0.717, 1.165) is 85.0 Å². The van der Waals surface area contributed by atoms with Crippen LogP contribution in [0.3, 0.4) is 0 Å². The second kappa shape index (κ2) is 32.6. The molecule has 0 saturated carbocycles. The molecule has 0 amide bonds. The van der Waals surface area contributed by atoms with Gasteiger partial charge in [-0.1, -0.05) is 121 Å². The largest absolute Gasteiger partial charge is 0.264 e. The molecular formula is C82H62F4N16S. The molecule has 0 saturated heterocycles. The third-order valence-electron chi connectivity index (χ3n) is 16.4. The fourth-order valence-corrected chi connectivity index (χ4v) is 12.2. The van der Waals surface area contributed by atoms with Crippen molar-refractivity contribution in [1.82, 2.24) is 74.0 Å². The number of benzene rings is 5. The first-order valence-corrected chi connectivity index (χ1v) is 33.4. The van der Waals surface area contributed by atoms with Gasteiger partial charge in [-0.05, 0) is 141 Å². The van der Waals surface area contributed by atoms with Crippen LogP contribution in [-0.2, 0) is 26.2 Å². The van der Waals surface area contributed by atoms with Crippen LogP contribution in [0.2, 0.25) is 0 Å². The van der Waals surface area contributed by atoms with Crippen molar-refractivity contribution in [2.45, 2.75) is 40.0 Å². The standard InChI is InChI=1S/C22H15FN4.C21H18FN3S.C20H15FN4.C19H14FN5/c1-24-18-11-9-16(10-12-18)22-14-21(20-8-4-5-13-25-20)26-27(22)15-17-6-2-3-7-19(17)23;1-14-11-17(15(2)26-14)21-12-20(19-9-5-6-10-23-19)24-25(21)13-16-7-3-4-8-18(16)22;21-17-8-2-1-6-16(17)14-25-20(15-7-5-10-22-13-15)12-19(24-25)18-9-3-4-11-23-18;20-15-6-2-1-5-14(15)12-25-19(17-8-10-21-13-23-17)11-18(24-25)16-7-3-4-9-22-16/h2-14H,15H2;3-12H,13H2,1-2H3;1-13H,14H2;1-11,13H,12H2. The van der Waals surface area contributed by atoms with Gasteiger partial charge in [-0.2, -0.15) is 20.4 Å². The molecule has 0 fully saturated rings. The molecule has 0 unspecified atom stereocenters. The van der Waals surface area contributed by atoms with Gasteiger partial charge in [0.25, 0.3) is 0 Å². The molecule has 0 aliphatic carbocycles. The maximum absolute atomic E-state index is 14.2. The molecule has 0 N–H and O–H groups in total. The van der Waals surface area contributed by atoms with Gasteiger partial charge in [-0.15, -0.1) is 11.3 Å². The van der Waals surface area contributed by atoms with Crippen molar-refractivity contribution < 1.29 is 17.6 Å². The van der Waals surface area contributed by atoms with E-state index in [1.807, 2.05) is 150 Å². The minimum Gasteiger partial charge on any atom is -0.264 e. The lowest BCUT2D eigenvalue weighted by molar-refractivity contribution is 0.587. The van der Waals surface area contributed by atoms with Gasteiger partial charge in [-0.3, -0.25) is 43.6 Å². The van der Waals surface area contributed by atoms with Gasteiger partial charge in [0, 0.05) is 86.5 Å². The highest BCUT2D eigenvalue weighted by Gasteiger charge is 2.20. The number of aryl methyl sites for hydroxylation is 2. The first-order valence-electron chi connectivity index (χ1n) is 32.6. The first-order chi connectivity index (χ1) is 50.5. The van der Waals surface area contributed by atoms with Crippen molar-refractivity contribution in [3.63, 3.8) is 0 Å². The molecule has 0 radical (unpaired) electrons. The molecule has 21 heteroatoms. The number of pyridine rings is 5. The predicted molar refractivity (Wildman–Crippen MR) is 393 cm³/mol. The zero-order chi connectivity index (χ0) is 70.9. The summed E-state index contributed by atoms with van der Waals surface area (Å²) in [6.45, 7) is 12.6. The SMILES string of the molecule is Cc1cc(-c2cc(-c3ccccn3)nn2Cc2ccccc2F)c(C)s1.Fc1ccccc1Cn1nc(-c2ccccn2)cc1-c1cccnc1.Fc1ccccc1Cn1nc(-c2ccccn2)cc1-c1ccncn1.[C-]#[N+]c1ccc(-c2cc(-c3ccccn3)nn2Cc2ccccc2F)cc1. The van der Waals surface area contributed by atoms with Crippen molar-refractivity contribution in [3.05, 3.63) is 359 Å². The summed E-state index contributed by atoms with van der Waals surface area (Å²) in [6, 6.07) is 72.6. The molecule has 0 spiro atoms. The fraction of sp³-hybridized carbons (Fsp3) is 0.0732. The highest BCUT2D eigenvalue weighted by molar-refractivity contribution is 7.12. The van der Waals surface area contributed by atoms with Crippen LogP contribution in [0.25, 0.3) is 95.6 Å². The van der Waals surface area contributed by atoms with Crippen LogP contribution in [0.15, 0.2) is 292 Å². The van der Waals surface area contributed by atoms with Gasteiger partial charge >= 0.3 is 0 Å². The molecule has 103 heavy (non-hydrogen) atoms. The Labute approximate surface area is 595 Å². The summed E-state index contributed by atoms with van der Waals surface area (Å²) < 4.78 is 63.6. The summed E-state index contributed by atoms with van der Waals surface area (Å²) in [7, 11) is 0. The van der Waals surface area contributed by atoms with Gasteiger partial charge in [0.15, 0.2) is 5.69 Å². The van der Waals surface area contributed by atoms with E-state index in [0.29, 0.717) is 59.8 Å². The summed E-state index contributed by atoms with van der Waals surface area (Å²) >= 11 is 1.76. The molecule has 11 aromatic heterocycles. The monoisotopic (exact) mass is 1380 g/mol. The Balaban J connectivity index is 0.000000122. The van der Waals surface area contributed by atoms with Crippen molar-refractivity contribution in [1.29, 1.82) is 0 Å². The van der Waals surface area contributed by atoms with Crippen molar-refractivity contribution in [3.8, 4) is 90.7 Å². The second-order valence-corrected chi connectivity index (χ2v) is 24.8. The number of hydrogen-bond acceptors (Lipinski definition) is 12. The molecule has 16 nitrogen and oxygen atoms in total. The summed E-state index contributed by atoms with van der Waals surface area (Å²) in [5, 5.41) is 18.7. The average Bonchev–Trinajstić information content (AvgIpc) is 1.65. The number of nitrogens with zero attached hydrogens (tertiary/aromatic N) is 16. The summed E-state index contributed by atoms with van der Waals surface area (Å²) in [4.78, 5) is 35.8. The maximum atomic E-state index is 14.2. The Morgan fingerprint density at radius 2 is 0.728 bits per heavy atom. The van der Waals surface area contributed by atoms with E-state index in [4.69, 9.17) is 11.7 Å². The molecule has 0 aliphatic heterocycles. The molecule has 0 bridgehead atoms. The number of halogens is 4. The quantitative estimate of drug-likeness (QED) is 0.0667. The number of hydrogen-bond donors (Lipinski definition) is 0. The van der Waals surface area contributed by atoms with Crippen molar-refractivity contribution in [2.24, 2.45) is 0 Å².